The van der Waals surface area contributed by atoms with Gasteiger partial charge in [-0.1, -0.05) is 0 Å². The van der Waals surface area contributed by atoms with Gasteiger partial charge in [0.2, 0.25) is 14.9 Å². The van der Waals surface area contributed by atoms with Gasteiger partial charge in [-0.3, -0.25) is 9.78 Å². The van der Waals surface area contributed by atoms with Crippen LogP contribution in [0.15, 0.2) is 64.5 Å². The molecule has 1 aliphatic rings. The molecule has 10 heteroatoms. The summed E-state index contributed by atoms with van der Waals surface area (Å²) in [7, 11) is -3.47. The predicted molar refractivity (Wildman–Crippen MR) is 109 cm³/mol. The molecule has 0 spiro atoms. The standard InChI is InChI=1S/C21H17FN4O4S/c1-31(28,29)19-7-6-18(30-19)21(8-9-21)25-20(27)16-10-23-12-17-15(16)11-24-26(17)14-4-2-13(22)3-5-14/h2-7,10-12H,8-9H2,1H3,(H,25,27). The number of hydrogen-bond donors (Lipinski definition) is 1. The van der Waals surface area contributed by atoms with Crippen molar-refractivity contribution in [3.63, 3.8) is 0 Å². The van der Waals surface area contributed by atoms with Gasteiger partial charge < -0.3 is 9.73 Å². The van der Waals surface area contributed by atoms with E-state index in [1.807, 2.05) is 0 Å². The highest BCUT2D eigenvalue weighted by Gasteiger charge is 2.49. The number of fused-ring (bicyclic) bond motifs is 1. The summed E-state index contributed by atoms with van der Waals surface area (Å²) in [6, 6.07) is 8.81. The second-order valence-corrected chi connectivity index (χ2v) is 9.53. The summed E-state index contributed by atoms with van der Waals surface area (Å²) in [6.45, 7) is 0. The molecule has 0 atom stereocenters. The van der Waals surface area contributed by atoms with E-state index in [9.17, 15) is 17.6 Å². The number of hydrogen-bond acceptors (Lipinski definition) is 6. The van der Waals surface area contributed by atoms with E-state index in [0.717, 1.165) is 6.26 Å². The van der Waals surface area contributed by atoms with Crippen molar-refractivity contribution in [2.45, 2.75) is 23.5 Å². The molecule has 1 fully saturated rings. The predicted octanol–water partition coefficient (Wildman–Crippen LogP) is 2.98. The van der Waals surface area contributed by atoms with Gasteiger partial charge in [0, 0.05) is 17.8 Å². The Kier molecular flexibility index (Phi) is 4.23. The monoisotopic (exact) mass is 440 g/mol. The van der Waals surface area contributed by atoms with Gasteiger partial charge in [0.1, 0.15) is 11.6 Å². The van der Waals surface area contributed by atoms with Crippen LogP contribution in [0, 0.1) is 5.82 Å². The number of amides is 1. The van der Waals surface area contributed by atoms with E-state index in [2.05, 4.69) is 15.4 Å². The first-order chi connectivity index (χ1) is 14.8. The number of nitrogens with zero attached hydrogens (tertiary/aromatic N) is 3. The number of carbonyl (C=O) groups excluding carboxylic acids is 1. The fraction of sp³-hybridized carbons (Fsp3) is 0.190. The lowest BCUT2D eigenvalue weighted by Gasteiger charge is -2.15. The minimum absolute atomic E-state index is 0.132. The van der Waals surface area contributed by atoms with Crippen LogP contribution in [0.2, 0.25) is 0 Å². The van der Waals surface area contributed by atoms with Crippen LogP contribution < -0.4 is 5.32 Å². The first kappa shape index (κ1) is 19.4. The van der Waals surface area contributed by atoms with E-state index in [4.69, 9.17) is 4.42 Å². The van der Waals surface area contributed by atoms with Crippen LogP contribution >= 0.6 is 0 Å². The molecule has 3 aromatic heterocycles. The maximum Gasteiger partial charge on any atom is 0.254 e. The van der Waals surface area contributed by atoms with E-state index in [1.54, 1.807) is 35.3 Å². The second kappa shape index (κ2) is 6.74. The number of halogens is 1. The van der Waals surface area contributed by atoms with Crippen molar-refractivity contribution in [2.24, 2.45) is 0 Å². The lowest BCUT2D eigenvalue weighted by atomic mass is 10.1. The first-order valence-corrected chi connectivity index (χ1v) is 11.4. The number of furan rings is 1. The van der Waals surface area contributed by atoms with Gasteiger partial charge in [-0.2, -0.15) is 5.10 Å². The van der Waals surface area contributed by atoms with Crippen molar-refractivity contribution in [3.05, 3.63) is 72.1 Å². The number of carbonyl (C=O) groups is 1. The topological polar surface area (TPSA) is 107 Å². The van der Waals surface area contributed by atoms with Crippen molar-refractivity contribution < 1.29 is 22.0 Å². The average Bonchev–Trinajstić information content (AvgIpc) is 3.16. The average molecular weight is 440 g/mol. The number of sulfone groups is 1. The molecule has 1 amide bonds. The molecule has 0 radical (unpaired) electrons. The summed E-state index contributed by atoms with van der Waals surface area (Å²) >= 11 is 0. The third kappa shape index (κ3) is 3.38. The fourth-order valence-electron chi connectivity index (χ4n) is 3.53. The van der Waals surface area contributed by atoms with Crippen LogP contribution in [0.4, 0.5) is 4.39 Å². The van der Waals surface area contributed by atoms with E-state index in [0.29, 0.717) is 40.8 Å². The maximum absolute atomic E-state index is 13.2. The van der Waals surface area contributed by atoms with Gasteiger partial charge >= 0.3 is 0 Å². The van der Waals surface area contributed by atoms with Gasteiger partial charge in [-0.15, -0.1) is 0 Å². The Morgan fingerprint density at radius 1 is 1.13 bits per heavy atom. The molecule has 0 unspecified atom stereocenters. The van der Waals surface area contributed by atoms with Gasteiger partial charge in [-0.05, 0) is 49.2 Å². The number of nitrogens with one attached hydrogen (secondary N) is 1. The molecule has 5 rings (SSSR count). The molecule has 31 heavy (non-hydrogen) atoms. The Balaban J connectivity index is 1.47. The molecule has 3 heterocycles. The van der Waals surface area contributed by atoms with Crippen molar-refractivity contribution in [3.8, 4) is 5.69 Å². The van der Waals surface area contributed by atoms with Crippen molar-refractivity contribution >= 4 is 26.6 Å². The highest BCUT2D eigenvalue weighted by atomic mass is 32.2. The highest BCUT2D eigenvalue weighted by molar-refractivity contribution is 7.90. The van der Waals surface area contributed by atoms with Crippen LogP contribution in [-0.4, -0.2) is 35.3 Å². The zero-order chi connectivity index (χ0) is 21.8. The van der Waals surface area contributed by atoms with Crippen molar-refractivity contribution in [2.75, 3.05) is 6.26 Å². The van der Waals surface area contributed by atoms with E-state index < -0.39 is 15.4 Å². The van der Waals surface area contributed by atoms with Crippen LogP contribution in [0.5, 0.6) is 0 Å². The lowest BCUT2D eigenvalue weighted by Crippen LogP contribution is -2.34. The summed E-state index contributed by atoms with van der Waals surface area (Å²) in [5, 5.41) is 7.74. The molecular weight excluding hydrogens is 423 g/mol. The van der Waals surface area contributed by atoms with Crippen LogP contribution in [0.25, 0.3) is 16.6 Å². The van der Waals surface area contributed by atoms with Gasteiger partial charge in [0.05, 0.1) is 34.7 Å². The largest absolute Gasteiger partial charge is 0.447 e. The van der Waals surface area contributed by atoms with E-state index in [-0.39, 0.29) is 16.8 Å². The molecule has 0 saturated heterocycles. The molecule has 0 bridgehead atoms. The smallest absolute Gasteiger partial charge is 0.254 e. The zero-order valence-corrected chi connectivity index (χ0v) is 17.2. The number of benzene rings is 1. The maximum atomic E-state index is 13.2. The Morgan fingerprint density at radius 3 is 2.52 bits per heavy atom. The zero-order valence-electron chi connectivity index (χ0n) is 16.4. The van der Waals surface area contributed by atoms with E-state index in [1.165, 1.54) is 24.4 Å². The SMILES string of the molecule is CS(=O)(=O)c1ccc(C2(NC(=O)c3cncc4c3cnn4-c3ccc(F)cc3)CC2)o1. The Labute approximate surface area is 176 Å². The number of rotatable bonds is 5. The minimum Gasteiger partial charge on any atom is -0.447 e. The number of aromatic nitrogens is 3. The summed E-state index contributed by atoms with van der Waals surface area (Å²) in [4.78, 5) is 17.3. The fourth-order valence-corrected chi connectivity index (χ4v) is 4.09. The molecule has 1 aromatic carbocycles. The molecule has 158 valence electrons. The summed E-state index contributed by atoms with van der Waals surface area (Å²) in [5.74, 6) is -0.319. The normalized spacial score (nSPS) is 15.2. The Hall–Kier alpha value is -3.53. The third-order valence-electron chi connectivity index (χ3n) is 5.33. The molecule has 0 aliphatic heterocycles. The highest BCUT2D eigenvalue weighted by Crippen LogP contribution is 2.46. The lowest BCUT2D eigenvalue weighted by molar-refractivity contribution is 0.0925. The quantitative estimate of drug-likeness (QED) is 0.511. The van der Waals surface area contributed by atoms with E-state index >= 15 is 0 Å². The summed E-state index contributed by atoms with van der Waals surface area (Å²) in [6.07, 6.45) is 6.93. The van der Waals surface area contributed by atoms with Crippen LogP contribution in [0.3, 0.4) is 0 Å². The van der Waals surface area contributed by atoms with Crippen LogP contribution in [-0.2, 0) is 15.4 Å². The van der Waals surface area contributed by atoms with Crippen molar-refractivity contribution in [1.82, 2.24) is 20.1 Å². The number of pyridine rings is 1. The summed E-state index contributed by atoms with van der Waals surface area (Å²) < 4.78 is 43.7. The molecular formula is C21H17FN4O4S. The minimum atomic E-state index is -3.47. The van der Waals surface area contributed by atoms with Crippen molar-refractivity contribution in [1.29, 1.82) is 0 Å². The second-order valence-electron chi connectivity index (χ2n) is 7.58. The van der Waals surface area contributed by atoms with Gasteiger partial charge in [0.25, 0.3) is 5.91 Å². The molecule has 1 saturated carbocycles. The Morgan fingerprint density at radius 2 is 1.87 bits per heavy atom. The van der Waals surface area contributed by atoms with Gasteiger partial charge in [0.15, 0.2) is 0 Å². The molecule has 1 N–H and O–H groups in total. The third-order valence-corrected chi connectivity index (χ3v) is 6.28. The molecule has 1 aliphatic carbocycles. The molecule has 8 nitrogen and oxygen atoms in total. The summed E-state index contributed by atoms with van der Waals surface area (Å²) in [5.41, 5.74) is 0.821. The molecule has 4 aromatic rings. The van der Waals surface area contributed by atoms with Crippen LogP contribution in [0.1, 0.15) is 29.0 Å². The van der Waals surface area contributed by atoms with Gasteiger partial charge in [-0.25, -0.2) is 17.5 Å². The Bertz CT molecular complexity index is 1420. The first-order valence-electron chi connectivity index (χ1n) is 9.47.